The second-order valence-corrected chi connectivity index (χ2v) is 3.76. The van der Waals surface area contributed by atoms with Gasteiger partial charge in [-0.15, -0.1) is 0 Å². The fourth-order valence-corrected chi connectivity index (χ4v) is 1.58. The smallest absolute Gasteiger partial charge is 0.0547 e. The van der Waals surface area contributed by atoms with E-state index in [0.717, 1.165) is 30.9 Å². The molecule has 5 nitrogen and oxygen atoms in total. The zero-order valence-corrected chi connectivity index (χ0v) is 9.93. The van der Waals surface area contributed by atoms with Gasteiger partial charge in [0, 0.05) is 32.5 Å². The van der Waals surface area contributed by atoms with E-state index in [-0.39, 0.29) is 0 Å². The number of rotatable bonds is 6. The maximum absolute atomic E-state index is 4.15. The van der Waals surface area contributed by atoms with Crippen LogP contribution in [0.25, 0.3) is 0 Å². The molecule has 2 aromatic rings. The molecule has 0 saturated heterocycles. The molecule has 0 amide bonds. The number of nitrogens with one attached hydrogen (secondary N) is 2. The maximum atomic E-state index is 4.15. The summed E-state index contributed by atoms with van der Waals surface area (Å²) in [6, 6.07) is 3.98. The Bertz CT molecular complexity index is 438. The highest BCUT2D eigenvalue weighted by atomic mass is 15.3. The van der Waals surface area contributed by atoms with E-state index in [1.165, 1.54) is 0 Å². The number of aryl methyl sites for hydroxylation is 1. The molecule has 0 spiro atoms. The number of hydrogen-bond donors (Lipinski definition) is 2. The van der Waals surface area contributed by atoms with Crippen LogP contribution in [0, 0.1) is 0 Å². The SMILES string of the molecule is CNc1cncc(NCCCn2cccn2)c1. The van der Waals surface area contributed by atoms with Crippen molar-refractivity contribution >= 4 is 11.4 Å². The van der Waals surface area contributed by atoms with Crippen LogP contribution in [-0.2, 0) is 6.54 Å². The van der Waals surface area contributed by atoms with Crippen molar-refractivity contribution in [3.8, 4) is 0 Å². The van der Waals surface area contributed by atoms with Crippen molar-refractivity contribution in [1.82, 2.24) is 14.8 Å². The van der Waals surface area contributed by atoms with Crippen LogP contribution in [0.2, 0.25) is 0 Å². The lowest BCUT2D eigenvalue weighted by Crippen LogP contribution is -2.07. The molecule has 2 N–H and O–H groups in total. The normalized spacial score (nSPS) is 10.2. The summed E-state index contributed by atoms with van der Waals surface area (Å²) >= 11 is 0. The van der Waals surface area contributed by atoms with E-state index in [0.29, 0.717) is 0 Å². The molecule has 17 heavy (non-hydrogen) atoms. The second-order valence-electron chi connectivity index (χ2n) is 3.76. The van der Waals surface area contributed by atoms with Crippen LogP contribution >= 0.6 is 0 Å². The van der Waals surface area contributed by atoms with Crippen molar-refractivity contribution < 1.29 is 0 Å². The summed E-state index contributed by atoms with van der Waals surface area (Å²) in [7, 11) is 1.89. The number of nitrogens with zero attached hydrogens (tertiary/aromatic N) is 3. The Morgan fingerprint density at radius 1 is 1.29 bits per heavy atom. The lowest BCUT2D eigenvalue weighted by Gasteiger charge is -2.07. The summed E-state index contributed by atoms with van der Waals surface area (Å²) in [4.78, 5) is 4.14. The van der Waals surface area contributed by atoms with Crippen LogP contribution in [-0.4, -0.2) is 28.4 Å². The van der Waals surface area contributed by atoms with E-state index in [1.54, 1.807) is 12.4 Å². The van der Waals surface area contributed by atoms with Crippen molar-refractivity contribution in [2.24, 2.45) is 0 Å². The lowest BCUT2D eigenvalue weighted by molar-refractivity contribution is 0.592. The minimum atomic E-state index is 0.911. The summed E-state index contributed by atoms with van der Waals surface area (Å²) in [5, 5.41) is 10.6. The van der Waals surface area contributed by atoms with Gasteiger partial charge in [-0.05, 0) is 18.6 Å². The zero-order chi connectivity index (χ0) is 11.9. The van der Waals surface area contributed by atoms with Gasteiger partial charge in [-0.1, -0.05) is 0 Å². The second kappa shape index (κ2) is 5.89. The Kier molecular flexibility index (Phi) is 3.96. The highest BCUT2D eigenvalue weighted by molar-refractivity contribution is 5.53. The van der Waals surface area contributed by atoms with Gasteiger partial charge in [0.05, 0.1) is 23.8 Å². The van der Waals surface area contributed by atoms with Crippen molar-refractivity contribution in [2.45, 2.75) is 13.0 Å². The maximum Gasteiger partial charge on any atom is 0.0547 e. The Morgan fingerprint density at radius 2 is 2.18 bits per heavy atom. The fourth-order valence-electron chi connectivity index (χ4n) is 1.58. The van der Waals surface area contributed by atoms with Crippen LogP contribution in [0.5, 0.6) is 0 Å². The molecule has 90 valence electrons. The topological polar surface area (TPSA) is 54.8 Å². The van der Waals surface area contributed by atoms with Crippen molar-refractivity contribution in [1.29, 1.82) is 0 Å². The first-order valence-corrected chi connectivity index (χ1v) is 5.72. The number of anilines is 2. The van der Waals surface area contributed by atoms with E-state index in [1.807, 2.05) is 36.3 Å². The standard InChI is InChI=1S/C12H17N5/c1-13-11-8-12(10-14-9-11)15-4-2-6-17-7-3-5-16-17/h3,5,7-10,13,15H,2,4,6H2,1H3. The van der Waals surface area contributed by atoms with Gasteiger partial charge in [-0.3, -0.25) is 9.67 Å². The van der Waals surface area contributed by atoms with E-state index in [4.69, 9.17) is 0 Å². The Labute approximate surface area is 101 Å². The average molecular weight is 231 g/mol. The minimum Gasteiger partial charge on any atom is -0.387 e. The van der Waals surface area contributed by atoms with E-state index < -0.39 is 0 Å². The molecule has 2 aromatic heterocycles. The number of hydrogen-bond acceptors (Lipinski definition) is 4. The molecule has 0 aliphatic rings. The Hall–Kier alpha value is -2.04. The average Bonchev–Trinajstić information content (AvgIpc) is 2.88. The molecular formula is C12H17N5. The predicted octanol–water partition coefficient (Wildman–Crippen LogP) is 1.82. The molecule has 0 aliphatic heterocycles. The molecule has 0 atom stereocenters. The van der Waals surface area contributed by atoms with Gasteiger partial charge < -0.3 is 10.6 Å². The van der Waals surface area contributed by atoms with Crippen molar-refractivity contribution in [3.05, 3.63) is 36.9 Å². The van der Waals surface area contributed by atoms with Crippen LogP contribution in [0.1, 0.15) is 6.42 Å². The third kappa shape index (κ3) is 3.48. The lowest BCUT2D eigenvalue weighted by atomic mass is 10.3. The summed E-state index contributed by atoms with van der Waals surface area (Å²) in [5.74, 6) is 0. The van der Waals surface area contributed by atoms with Gasteiger partial charge in [-0.2, -0.15) is 5.10 Å². The first kappa shape index (κ1) is 11.4. The third-order valence-electron chi connectivity index (χ3n) is 2.48. The van der Waals surface area contributed by atoms with Crippen LogP contribution in [0.4, 0.5) is 11.4 Å². The number of aromatic nitrogens is 3. The fraction of sp³-hybridized carbons (Fsp3) is 0.333. The van der Waals surface area contributed by atoms with Gasteiger partial charge >= 0.3 is 0 Å². The Balaban J connectivity index is 1.74. The van der Waals surface area contributed by atoms with Gasteiger partial charge in [-0.25, -0.2) is 0 Å². The molecule has 2 heterocycles. The molecule has 0 aliphatic carbocycles. The molecule has 0 bridgehead atoms. The molecule has 0 radical (unpaired) electrons. The highest BCUT2D eigenvalue weighted by Crippen LogP contribution is 2.11. The van der Waals surface area contributed by atoms with Gasteiger partial charge in [0.15, 0.2) is 0 Å². The van der Waals surface area contributed by atoms with E-state index >= 15 is 0 Å². The van der Waals surface area contributed by atoms with E-state index in [2.05, 4.69) is 20.7 Å². The van der Waals surface area contributed by atoms with Crippen molar-refractivity contribution in [2.75, 3.05) is 24.2 Å². The van der Waals surface area contributed by atoms with E-state index in [9.17, 15) is 0 Å². The summed E-state index contributed by atoms with van der Waals surface area (Å²) in [6.45, 7) is 1.84. The molecular weight excluding hydrogens is 214 g/mol. The van der Waals surface area contributed by atoms with Crippen LogP contribution in [0.3, 0.4) is 0 Å². The first-order valence-electron chi connectivity index (χ1n) is 5.72. The van der Waals surface area contributed by atoms with Gasteiger partial charge in [0.2, 0.25) is 0 Å². The zero-order valence-electron chi connectivity index (χ0n) is 9.93. The largest absolute Gasteiger partial charge is 0.387 e. The Morgan fingerprint density at radius 3 is 2.94 bits per heavy atom. The molecule has 0 aromatic carbocycles. The van der Waals surface area contributed by atoms with Gasteiger partial charge in [0.1, 0.15) is 0 Å². The summed E-state index contributed by atoms with van der Waals surface area (Å²) in [5.41, 5.74) is 2.05. The molecule has 5 heteroatoms. The van der Waals surface area contributed by atoms with Crippen LogP contribution in [0.15, 0.2) is 36.9 Å². The van der Waals surface area contributed by atoms with Gasteiger partial charge in [0.25, 0.3) is 0 Å². The predicted molar refractivity (Wildman–Crippen MR) is 69.1 cm³/mol. The van der Waals surface area contributed by atoms with Crippen LogP contribution < -0.4 is 10.6 Å². The molecule has 0 fully saturated rings. The first-order chi connectivity index (χ1) is 8.38. The molecule has 0 unspecified atom stereocenters. The molecule has 2 rings (SSSR count). The summed E-state index contributed by atoms with van der Waals surface area (Å²) < 4.78 is 1.93. The molecule has 0 saturated carbocycles. The van der Waals surface area contributed by atoms with Crippen molar-refractivity contribution in [3.63, 3.8) is 0 Å². The monoisotopic (exact) mass is 231 g/mol. The quantitative estimate of drug-likeness (QED) is 0.745. The number of pyridine rings is 1. The third-order valence-corrected chi connectivity index (χ3v) is 2.48. The minimum absolute atomic E-state index is 0.911. The summed E-state index contributed by atoms with van der Waals surface area (Å²) in [6.07, 6.45) is 8.44. The highest BCUT2D eigenvalue weighted by Gasteiger charge is 1.95.